The molecule has 2 amide bonds. The van der Waals surface area contributed by atoms with Crippen molar-refractivity contribution in [2.75, 3.05) is 30.3 Å². The highest BCUT2D eigenvalue weighted by Gasteiger charge is 2.22. The number of thioether (sulfide) groups is 2. The summed E-state index contributed by atoms with van der Waals surface area (Å²) in [5.41, 5.74) is 0. The van der Waals surface area contributed by atoms with Crippen molar-refractivity contribution in [3.63, 3.8) is 0 Å². The molecule has 0 aliphatic carbocycles. The third-order valence-electron chi connectivity index (χ3n) is 3.06. The number of aliphatic carboxylic acids is 1. The molecule has 2 unspecified atom stereocenters. The second kappa shape index (κ2) is 8.58. The molecular formula is C12H22N2O3S2. The standard InChI is InChI=1S/C12H22N2O3S2/c1-3-9(2)14(7-11(15)16)12(17)13-6-10-8-18-4-5-19-10/h9-10H,3-8H2,1-2H3,(H,13,17)(H,15,16). The van der Waals surface area contributed by atoms with Crippen molar-refractivity contribution in [3.05, 3.63) is 0 Å². The number of carboxylic acid groups (broad SMARTS) is 1. The average Bonchev–Trinajstić information content (AvgIpc) is 2.42. The zero-order valence-electron chi connectivity index (χ0n) is 11.4. The van der Waals surface area contributed by atoms with Crippen molar-refractivity contribution >= 4 is 35.5 Å². The average molecular weight is 306 g/mol. The lowest BCUT2D eigenvalue weighted by Gasteiger charge is -2.28. The third kappa shape index (κ3) is 5.95. The number of carbonyl (C=O) groups excluding carboxylic acids is 1. The molecule has 0 radical (unpaired) electrons. The summed E-state index contributed by atoms with van der Waals surface area (Å²) in [5, 5.41) is 12.2. The van der Waals surface area contributed by atoms with Gasteiger partial charge in [0, 0.05) is 35.1 Å². The molecule has 7 heteroatoms. The SMILES string of the molecule is CCC(C)N(CC(=O)O)C(=O)NCC1CSCCS1. The van der Waals surface area contributed by atoms with E-state index in [0.717, 1.165) is 17.9 Å². The second-order valence-corrected chi connectivity index (χ2v) is 7.09. The summed E-state index contributed by atoms with van der Waals surface area (Å²) in [4.78, 5) is 24.3. The summed E-state index contributed by atoms with van der Waals surface area (Å²) >= 11 is 3.78. The first kappa shape index (κ1) is 16.5. The van der Waals surface area contributed by atoms with Crippen molar-refractivity contribution < 1.29 is 14.7 Å². The Labute approximate surface area is 122 Å². The van der Waals surface area contributed by atoms with Crippen LogP contribution in [0.1, 0.15) is 20.3 Å². The van der Waals surface area contributed by atoms with Crippen LogP contribution in [0.2, 0.25) is 0 Å². The Hall–Kier alpha value is -0.560. The molecule has 110 valence electrons. The Morgan fingerprint density at radius 3 is 2.74 bits per heavy atom. The first-order valence-corrected chi connectivity index (χ1v) is 8.70. The molecule has 19 heavy (non-hydrogen) atoms. The van der Waals surface area contributed by atoms with Crippen LogP contribution in [0, 0.1) is 0 Å². The van der Waals surface area contributed by atoms with Gasteiger partial charge in [-0.3, -0.25) is 4.79 Å². The predicted octanol–water partition coefficient (Wildman–Crippen LogP) is 1.73. The molecule has 0 aromatic rings. The fourth-order valence-corrected chi connectivity index (χ4v) is 4.36. The van der Waals surface area contributed by atoms with Crippen molar-refractivity contribution in [1.29, 1.82) is 0 Å². The first-order chi connectivity index (χ1) is 9.04. The van der Waals surface area contributed by atoms with Crippen molar-refractivity contribution in [2.24, 2.45) is 0 Å². The van der Waals surface area contributed by atoms with E-state index in [2.05, 4.69) is 5.32 Å². The van der Waals surface area contributed by atoms with Crippen LogP contribution in [0.5, 0.6) is 0 Å². The highest BCUT2D eigenvalue weighted by atomic mass is 32.2. The summed E-state index contributed by atoms with van der Waals surface area (Å²) in [6, 6.07) is -0.336. The Bertz CT molecular complexity index is 309. The predicted molar refractivity (Wildman–Crippen MR) is 81.1 cm³/mol. The second-order valence-electron chi connectivity index (χ2n) is 4.53. The largest absolute Gasteiger partial charge is 0.480 e. The zero-order chi connectivity index (χ0) is 14.3. The van der Waals surface area contributed by atoms with Crippen LogP contribution in [0.3, 0.4) is 0 Å². The number of carboxylic acids is 1. The van der Waals surface area contributed by atoms with Crippen LogP contribution >= 0.6 is 23.5 Å². The minimum Gasteiger partial charge on any atom is -0.480 e. The maximum absolute atomic E-state index is 12.1. The van der Waals surface area contributed by atoms with E-state index in [4.69, 9.17) is 5.11 Å². The van der Waals surface area contributed by atoms with Gasteiger partial charge in [-0.25, -0.2) is 4.79 Å². The van der Waals surface area contributed by atoms with Gasteiger partial charge in [0.05, 0.1) is 0 Å². The summed E-state index contributed by atoms with van der Waals surface area (Å²) < 4.78 is 0. The molecular weight excluding hydrogens is 284 g/mol. The van der Waals surface area contributed by atoms with Gasteiger partial charge in [-0.05, 0) is 13.3 Å². The van der Waals surface area contributed by atoms with Gasteiger partial charge >= 0.3 is 12.0 Å². The highest BCUT2D eigenvalue weighted by molar-refractivity contribution is 8.06. The summed E-state index contributed by atoms with van der Waals surface area (Å²) in [6.07, 6.45) is 0.745. The third-order valence-corrected chi connectivity index (χ3v) is 5.90. The van der Waals surface area contributed by atoms with Crippen molar-refractivity contribution in [2.45, 2.75) is 31.6 Å². The topological polar surface area (TPSA) is 69.6 Å². The quantitative estimate of drug-likeness (QED) is 0.782. The van der Waals surface area contributed by atoms with E-state index in [1.165, 1.54) is 10.7 Å². The Balaban J connectivity index is 2.43. The van der Waals surface area contributed by atoms with Crippen LogP contribution in [-0.2, 0) is 4.79 Å². The number of hydrogen-bond acceptors (Lipinski definition) is 4. The number of nitrogens with zero attached hydrogens (tertiary/aromatic N) is 1. The lowest BCUT2D eigenvalue weighted by Crippen LogP contribution is -2.49. The van der Waals surface area contributed by atoms with Crippen LogP contribution in [-0.4, -0.2) is 63.6 Å². The number of amides is 2. The molecule has 0 aromatic carbocycles. The Kier molecular flexibility index (Phi) is 7.45. The maximum atomic E-state index is 12.1. The van der Waals surface area contributed by atoms with E-state index in [0.29, 0.717) is 11.8 Å². The zero-order valence-corrected chi connectivity index (χ0v) is 13.1. The molecule has 2 N–H and O–H groups in total. The van der Waals surface area contributed by atoms with Gasteiger partial charge in [0.1, 0.15) is 6.54 Å². The lowest BCUT2D eigenvalue weighted by atomic mass is 10.2. The highest BCUT2D eigenvalue weighted by Crippen LogP contribution is 2.23. The fourth-order valence-electron chi connectivity index (χ4n) is 1.75. The van der Waals surface area contributed by atoms with Gasteiger partial charge in [0.15, 0.2) is 0 Å². The Morgan fingerprint density at radius 1 is 1.47 bits per heavy atom. The van der Waals surface area contributed by atoms with Crippen LogP contribution in [0.4, 0.5) is 4.79 Å². The van der Waals surface area contributed by atoms with Crippen LogP contribution in [0.25, 0.3) is 0 Å². The fraction of sp³-hybridized carbons (Fsp3) is 0.833. The van der Waals surface area contributed by atoms with Gasteiger partial charge < -0.3 is 15.3 Å². The first-order valence-electron chi connectivity index (χ1n) is 6.50. The van der Waals surface area contributed by atoms with Crippen LogP contribution < -0.4 is 5.32 Å². The lowest BCUT2D eigenvalue weighted by molar-refractivity contribution is -0.138. The summed E-state index contributed by atoms with van der Waals surface area (Å²) in [5.74, 6) is 2.37. The number of rotatable bonds is 6. The van der Waals surface area contributed by atoms with Crippen molar-refractivity contribution in [1.82, 2.24) is 10.2 Å². The van der Waals surface area contributed by atoms with Crippen LogP contribution in [0.15, 0.2) is 0 Å². The minimum absolute atomic E-state index is 0.0653. The van der Waals surface area contributed by atoms with Gasteiger partial charge in [-0.15, -0.1) is 0 Å². The van der Waals surface area contributed by atoms with Gasteiger partial charge in [-0.1, -0.05) is 6.92 Å². The number of hydrogen-bond donors (Lipinski definition) is 2. The normalized spacial score (nSPS) is 20.6. The van der Waals surface area contributed by atoms with E-state index in [-0.39, 0.29) is 18.6 Å². The van der Waals surface area contributed by atoms with Gasteiger partial charge in [0.25, 0.3) is 0 Å². The minimum atomic E-state index is -0.974. The monoisotopic (exact) mass is 306 g/mol. The molecule has 1 saturated heterocycles. The molecule has 2 atom stereocenters. The molecule has 0 saturated carbocycles. The molecule has 0 bridgehead atoms. The molecule has 1 aliphatic heterocycles. The van der Waals surface area contributed by atoms with Gasteiger partial charge in [-0.2, -0.15) is 23.5 Å². The van der Waals surface area contributed by atoms with E-state index in [1.807, 2.05) is 37.4 Å². The van der Waals surface area contributed by atoms with Gasteiger partial charge in [0.2, 0.25) is 0 Å². The molecule has 1 heterocycles. The molecule has 5 nitrogen and oxygen atoms in total. The molecule has 0 aromatic heterocycles. The smallest absolute Gasteiger partial charge is 0.323 e. The number of nitrogens with one attached hydrogen (secondary N) is 1. The molecule has 0 spiro atoms. The van der Waals surface area contributed by atoms with E-state index < -0.39 is 5.97 Å². The van der Waals surface area contributed by atoms with E-state index in [1.54, 1.807) is 0 Å². The van der Waals surface area contributed by atoms with Crippen molar-refractivity contribution in [3.8, 4) is 0 Å². The number of carbonyl (C=O) groups is 2. The molecule has 1 aliphatic rings. The maximum Gasteiger partial charge on any atom is 0.323 e. The summed E-state index contributed by atoms with van der Waals surface area (Å²) in [7, 11) is 0. The summed E-state index contributed by atoms with van der Waals surface area (Å²) in [6.45, 7) is 4.19. The van der Waals surface area contributed by atoms with E-state index in [9.17, 15) is 9.59 Å². The molecule has 1 rings (SSSR count). The molecule has 1 fully saturated rings. The van der Waals surface area contributed by atoms with E-state index >= 15 is 0 Å². The number of urea groups is 1. The Morgan fingerprint density at radius 2 is 2.21 bits per heavy atom.